The molecular weight excluding hydrogens is 449 g/mol. The van der Waals surface area contributed by atoms with Gasteiger partial charge in [-0.1, -0.05) is 19.9 Å². The van der Waals surface area contributed by atoms with Gasteiger partial charge in [-0.25, -0.2) is 0 Å². The summed E-state index contributed by atoms with van der Waals surface area (Å²) in [5.74, 6) is -0.0241. The van der Waals surface area contributed by atoms with Gasteiger partial charge in [0.2, 0.25) is 5.91 Å². The van der Waals surface area contributed by atoms with Crippen molar-refractivity contribution in [2.75, 3.05) is 26.9 Å². The van der Waals surface area contributed by atoms with Gasteiger partial charge in [-0.2, -0.15) is 13.2 Å². The van der Waals surface area contributed by atoms with Crippen molar-refractivity contribution >= 4 is 5.91 Å². The molecule has 2 N–H and O–H groups in total. The Morgan fingerprint density at radius 2 is 2.09 bits per heavy atom. The zero-order valence-electron chi connectivity index (χ0n) is 20.0. The van der Waals surface area contributed by atoms with Crippen LogP contribution in [0.1, 0.15) is 62.3 Å². The number of carbonyl (C=O) groups excluding carboxylic acids is 1. The van der Waals surface area contributed by atoms with Crippen LogP contribution in [0, 0.1) is 11.3 Å². The summed E-state index contributed by atoms with van der Waals surface area (Å²) < 4.78 is 50.8. The van der Waals surface area contributed by atoms with E-state index < -0.39 is 23.3 Å². The molecule has 2 heterocycles. The van der Waals surface area contributed by atoms with E-state index in [-0.39, 0.29) is 43.1 Å². The van der Waals surface area contributed by atoms with Gasteiger partial charge in [-0.15, -0.1) is 0 Å². The first-order valence-corrected chi connectivity index (χ1v) is 12.1. The highest BCUT2D eigenvalue weighted by atomic mass is 19.4. The van der Waals surface area contributed by atoms with E-state index in [1.807, 2.05) is 13.8 Å². The number of hydrogen-bond donors (Lipinski definition) is 2. The second-order valence-corrected chi connectivity index (χ2v) is 10.3. The summed E-state index contributed by atoms with van der Waals surface area (Å²) >= 11 is 0. The van der Waals surface area contributed by atoms with Crippen molar-refractivity contribution in [3.8, 4) is 0 Å². The van der Waals surface area contributed by atoms with Crippen molar-refractivity contribution in [1.29, 1.82) is 0 Å². The van der Waals surface area contributed by atoms with Gasteiger partial charge in [-0.3, -0.25) is 4.79 Å². The van der Waals surface area contributed by atoms with Crippen LogP contribution < -0.4 is 5.32 Å². The highest BCUT2D eigenvalue weighted by Gasteiger charge is 2.50. The minimum absolute atomic E-state index is 0.0323. The van der Waals surface area contributed by atoms with Gasteiger partial charge >= 0.3 is 6.18 Å². The minimum Gasteiger partial charge on any atom is -0.387 e. The fourth-order valence-corrected chi connectivity index (χ4v) is 5.91. The van der Waals surface area contributed by atoms with Crippen LogP contribution in [0.3, 0.4) is 0 Å². The van der Waals surface area contributed by atoms with Crippen molar-refractivity contribution in [2.45, 2.75) is 76.5 Å². The van der Waals surface area contributed by atoms with Crippen molar-refractivity contribution in [2.24, 2.45) is 11.3 Å². The lowest BCUT2D eigenvalue weighted by molar-refractivity contribution is -0.148. The number of nitrogens with zero attached hydrogens (tertiary/aromatic N) is 1. The maximum atomic E-state index is 13.9. The molecule has 0 bridgehead atoms. The van der Waals surface area contributed by atoms with E-state index in [1.165, 1.54) is 6.07 Å². The molecule has 34 heavy (non-hydrogen) atoms. The Hall–Kier alpha value is -1.68. The zero-order chi connectivity index (χ0) is 24.7. The van der Waals surface area contributed by atoms with Gasteiger partial charge in [0, 0.05) is 32.3 Å². The average Bonchev–Trinajstić information content (AvgIpc) is 3.23. The molecule has 9 heteroatoms. The molecule has 5 atom stereocenters. The molecule has 0 spiro atoms. The number of nitrogens with one attached hydrogen (secondary N) is 1. The number of rotatable bonds is 5. The lowest BCUT2D eigenvalue weighted by atomic mass is 9.73. The number of aliphatic hydroxyl groups excluding tert-OH is 1. The van der Waals surface area contributed by atoms with E-state index in [4.69, 9.17) is 9.47 Å². The molecule has 0 radical (unpaired) electrons. The second-order valence-electron chi connectivity index (χ2n) is 10.3. The predicted octanol–water partition coefficient (Wildman–Crippen LogP) is 3.67. The van der Waals surface area contributed by atoms with Crippen LogP contribution in [0.2, 0.25) is 0 Å². The van der Waals surface area contributed by atoms with E-state index in [9.17, 15) is 23.1 Å². The minimum atomic E-state index is -4.47. The Balaban J connectivity index is 1.51. The first kappa shape index (κ1) is 25.4. The van der Waals surface area contributed by atoms with E-state index >= 15 is 0 Å². The molecule has 3 aliphatic rings. The lowest BCUT2D eigenvalue weighted by Crippen LogP contribution is -2.52. The maximum absolute atomic E-state index is 13.9. The molecular formula is C25H35F3N2O4. The predicted molar refractivity (Wildman–Crippen MR) is 120 cm³/mol. The number of β-amino-alcohol motifs (C(OH)–C–C–N with tert-alkyl or cyclic N) is 1. The Bertz CT molecular complexity index is 893. The first-order chi connectivity index (χ1) is 16.0. The molecule has 1 saturated heterocycles. The van der Waals surface area contributed by atoms with Gasteiger partial charge < -0.3 is 24.8 Å². The number of aliphatic hydroxyl groups is 1. The number of carbonyl (C=O) groups is 1. The molecule has 0 aromatic heterocycles. The molecule has 2 aliphatic heterocycles. The maximum Gasteiger partial charge on any atom is 0.416 e. The van der Waals surface area contributed by atoms with Gasteiger partial charge in [0.15, 0.2) is 0 Å². The summed E-state index contributed by atoms with van der Waals surface area (Å²) in [6, 6.07) is 3.69. The van der Waals surface area contributed by atoms with Gasteiger partial charge in [-0.05, 0) is 54.9 Å². The van der Waals surface area contributed by atoms with E-state index in [0.29, 0.717) is 37.2 Å². The summed E-state index contributed by atoms with van der Waals surface area (Å²) in [4.78, 5) is 15.4. The molecule has 1 aromatic carbocycles. The van der Waals surface area contributed by atoms with Crippen LogP contribution in [0.15, 0.2) is 18.2 Å². The zero-order valence-corrected chi connectivity index (χ0v) is 20.0. The standard InChI is InChI=1S/C25H35F3N2O4/c1-15(2)24(8-6-18(11-24)29-20-7-9-34-14-22(20)33-3)23(32)30-12-16-10-17(25(26,27)28)4-5-19(16)21(31)13-30/h4-5,10,15,18,20-22,29,31H,6-9,11-14H2,1-3H3/t18-,20-,21-,22+,24+/m1/s1. The smallest absolute Gasteiger partial charge is 0.387 e. The van der Waals surface area contributed by atoms with Gasteiger partial charge in [0.25, 0.3) is 0 Å². The van der Waals surface area contributed by atoms with E-state index in [2.05, 4.69) is 5.32 Å². The fourth-order valence-electron chi connectivity index (χ4n) is 5.91. The van der Waals surface area contributed by atoms with Crippen molar-refractivity contribution in [1.82, 2.24) is 10.2 Å². The monoisotopic (exact) mass is 484 g/mol. The number of benzene rings is 1. The van der Waals surface area contributed by atoms with Crippen LogP contribution in [-0.4, -0.2) is 61.0 Å². The summed E-state index contributed by atoms with van der Waals surface area (Å²) in [5, 5.41) is 14.3. The third-order valence-corrected chi connectivity index (χ3v) is 8.01. The number of halogens is 3. The van der Waals surface area contributed by atoms with E-state index in [1.54, 1.807) is 12.0 Å². The highest BCUT2D eigenvalue weighted by Crippen LogP contribution is 2.47. The molecule has 2 fully saturated rings. The molecule has 1 aromatic rings. The van der Waals surface area contributed by atoms with Crippen LogP contribution in [0.25, 0.3) is 0 Å². The van der Waals surface area contributed by atoms with Crippen molar-refractivity contribution < 1.29 is 32.5 Å². The molecule has 4 rings (SSSR count). The third kappa shape index (κ3) is 4.85. The topological polar surface area (TPSA) is 71.0 Å². The molecule has 1 saturated carbocycles. The first-order valence-electron chi connectivity index (χ1n) is 12.1. The number of ether oxygens (including phenoxy) is 2. The second kappa shape index (κ2) is 9.76. The van der Waals surface area contributed by atoms with Crippen molar-refractivity contribution in [3.63, 3.8) is 0 Å². The summed E-state index contributed by atoms with van der Waals surface area (Å²) in [6.07, 6.45) is -2.48. The number of hydrogen-bond acceptors (Lipinski definition) is 5. The normalized spacial score (nSPS) is 32.2. The van der Waals surface area contributed by atoms with Crippen LogP contribution in [0.4, 0.5) is 13.2 Å². The molecule has 1 amide bonds. The Morgan fingerprint density at radius 3 is 2.76 bits per heavy atom. The molecule has 1 aliphatic carbocycles. The Kier molecular flexibility index (Phi) is 7.29. The molecule has 6 nitrogen and oxygen atoms in total. The number of methoxy groups -OCH3 is 1. The highest BCUT2D eigenvalue weighted by molar-refractivity contribution is 5.84. The van der Waals surface area contributed by atoms with Crippen LogP contribution >= 0.6 is 0 Å². The third-order valence-electron chi connectivity index (χ3n) is 8.01. The number of amides is 1. The Labute approximate surface area is 198 Å². The lowest BCUT2D eigenvalue weighted by Gasteiger charge is -2.41. The SMILES string of the molecule is CO[C@H]1COCC[C@H]1N[C@@H]1CC[C@@](C(=O)N2Cc3cc(C(F)(F)F)ccc3[C@H](O)C2)(C(C)C)C1. The van der Waals surface area contributed by atoms with Gasteiger partial charge in [0.05, 0.1) is 36.3 Å². The number of alkyl halides is 3. The summed E-state index contributed by atoms with van der Waals surface area (Å²) in [5.41, 5.74) is -0.560. The van der Waals surface area contributed by atoms with Crippen LogP contribution in [0.5, 0.6) is 0 Å². The van der Waals surface area contributed by atoms with Crippen molar-refractivity contribution in [3.05, 3.63) is 34.9 Å². The Morgan fingerprint density at radius 1 is 1.32 bits per heavy atom. The van der Waals surface area contributed by atoms with Crippen LogP contribution in [-0.2, 0) is 27.0 Å². The quantitative estimate of drug-likeness (QED) is 0.668. The summed E-state index contributed by atoms with van der Waals surface area (Å²) in [6.45, 7) is 5.44. The fraction of sp³-hybridized carbons (Fsp3) is 0.720. The summed E-state index contributed by atoms with van der Waals surface area (Å²) in [7, 11) is 1.67. The molecule has 190 valence electrons. The van der Waals surface area contributed by atoms with Gasteiger partial charge in [0.1, 0.15) is 0 Å². The van der Waals surface area contributed by atoms with E-state index in [0.717, 1.165) is 25.0 Å². The number of fused-ring (bicyclic) bond motifs is 1. The average molecular weight is 485 g/mol. The molecule has 0 unspecified atom stereocenters. The largest absolute Gasteiger partial charge is 0.416 e.